The van der Waals surface area contributed by atoms with E-state index in [-0.39, 0.29) is 18.8 Å². The van der Waals surface area contributed by atoms with Crippen molar-refractivity contribution >= 4 is 29.2 Å². The first-order valence-electron chi connectivity index (χ1n) is 5.33. The average molecular weight is 287 g/mol. The smallest absolute Gasteiger partial charge is 0.355 e. The van der Waals surface area contributed by atoms with Gasteiger partial charge in [-0.05, 0) is 6.92 Å². The molecule has 8 nitrogen and oxygen atoms in total. The van der Waals surface area contributed by atoms with E-state index in [4.69, 9.17) is 10.8 Å². The van der Waals surface area contributed by atoms with E-state index in [9.17, 15) is 14.4 Å². The Balaban J connectivity index is 2.49. The SMILES string of the molecule is CCOC(=O)C(N)C(=O)NCc1nc(C(=O)O)cs1. The Morgan fingerprint density at radius 2 is 2.26 bits per heavy atom. The molecule has 1 aromatic heterocycles. The van der Waals surface area contributed by atoms with E-state index in [1.165, 1.54) is 5.38 Å². The molecule has 0 aliphatic carbocycles. The summed E-state index contributed by atoms with van der Waals surface area (Å²) in [4.78, 5) is 37.1. The number of nitrogens with zero attached hydrogens (tertiary/aromatic N) is 1. The third-order valence-corrected chi connectivity index (χ3v) is 2.86. The van der Waals surface area contributed by atoms with E-state index in [1.54, 1.807) is 6.92 Å². The fourth-order valence-corrected chi connectivity index (χ4v) is 1.81. The summed E-state index contributed by atoms with van der Waals surface area (Å²) < 4.78 is 4.60. The summed E-state index contributed by atoms with van der Waals surface area (Å²) in [5, 5.41) is 12.8. The lowest BCUT2D eigenvalue weighted by Crippen LogP contribution is -2.46. The highest BCUT2D eigenvalue weighted by Crippen LogP contribution is 2.09. The van der Waals surface area contributed by atoms with Crippen LogP contribution < -0.4 is 11.1 Å². The molecule has 0 aliphatic heterocycles. The highest BCUT2D eigenvalue weighted by molar-refractivity contribution is 7.09. The monoisotopic (exact) mass is 287 g/mol. The zero-order chi connectivity index (χ0) is 14.4. The van der Waals surface area contributed by atoms with Gasteiger partial charge in [-0.3, -0.25) is 4.79 Å². The molecule has 0 saturated heterocycles. The first-order valence-corrected chi connectivity index (χ1v) is 6.21. The van der Waals surface area contributed by atoms with E-state index in [0.717, 1.165) is 11.3 Å². The number of amides is 1. The van der Waals surface area contributed by atoms with Gasteiger partial charge in [0, 0.05) is 5.38 Å². The molecule has 0 aromatic carbocycles. The van der Waals surface area contributed by atoms with Crippen molar-refractivity contribution in [2.45, 2.75) is 19.5 Å². The van der Waals surface area contributed by atoms with E-state index in [1.807, 2.05) is 0 Å². The number of aromatic carboxylic acids is 1. The number of nitrogens with two attached hydrogens (primary N) is 1. The molecule has 0 saturated carbocycles. The molecule has 9 heteroatoms. The third-order valence-electron chi connectivity index (χ3n) is 2.01. The molecule has 0 spiro atoms. The lowest BCUT2D eigenvalue weighted by molar-refractivity contribution is -0.148. The van der Waals surface area contributed by atoms with Gasteiger partial charge in [0.25, 0.3) is 0 Å². The van der Waals surface area contributed by atoms with Gasteiger partial charge in [-0.1, -0.05) is 0 Å². The average Bonchev–Trinajstić information content (AvgIpc) is 2.84. The molecule has 4 N–H and O–H groups in total. The van der Waals surface area contributed by atoms with Crippen molar-refractivity contribution in [1.29, 1.82) is 0 Å². The van der Waals surface area contributed by atoms with Crippen LogP contribution in [0, 0.1) is 0 Å². The number of nitrogens with one attached hydrogen (secondary N) is 1. The normalized spacial score (nSPS) is 11.7. The first-order chi connectivity index (χ1) is 8.95. The van der Waals surface area contributed by atoms with Gasteiger partial charge in [-0.2, -0.15) is 0 Å². The fourth-order valence-electron chi connectivity index (χ4n) is 1.10. The van der Waals surface area contributed by atoms with Gasteiger partial charge in [0.15, 0.2) is 11.7 Å². The third kappa shape index (κ3) is 4.30. The van der Waals surface area contributed by atoms with Gasteiger partial charge in [0.1, 0.15) is 5.01 Å². The zero-order valence-electron chi connectivity index (χ0n) is 10.1. The maximum Gasteiger partial charge on any atom is 0.355 e. The number of carbonyl (C=O) groups is 3. The van der Waals surface area contributed by atoms with Crippen LogP contribution in [0.5, 0.6) is 0 Å². The Labute approximate surface area is 112 Å². The molecular formula is C10H13N3O5S. The number of hydrogen-bond acceptors (Lipinski definition) is 7. The summed E-state index contributed by atoms with van der Waals surface area (Å²) in [5.74, 6) is -2.66. The van der Waals surface area contributed by atoms with Crippen LogP contribution in [0.4, 0.5) is 0 Å². The minimum absolute atomic E-state index is 0.00385. The number of esters is 1. The van der Waals surface area contributed by atoms with Crippen LogP contribution in [0.15, 0.2) is 5.38 Å². The second kappa shape index (κ2) is 6.81. The second-order valence-corrected chi connectivity index (χ2v) is 4.32. The molecular weight excluding hydrogens is 274 g/mol. The van der Waals surface area contributed by atoms with Gasteiger partial charge in [-0.15, -0.1) is 11.3 Å². The maximum absolute atomic E-state index is 11.5. The van der Waals surface area contributed by atoms with Crippen LogP contribution in [0.2, 0.25) is 0 Å². The van der Waals surface area contributed by atoms with Crippen molar-refractivity contribution in [3.8, 4) is 0 Å². The van der Waals surface area contributed by atoms with Crippen molar-refractivity contribution in [2.24, 2.45) is 5.73 Å². The van der Waals surface area contributed by atoms with Crippen LogP contribution in [-0.4, -0.2) is 40.6 Å². The summed E-state index contributed by atoms with van der Waals surface area (Å²) in [5.41, 5.74) is 5.27. The zero-order valence-corrected chi connectivity index (χ0v) is 10.9. The topological polar surface area (TPSA) is 132 Å². The predicted octanol–water partition coefficient (Wildman–Crippen LogP) is -0.652. The van der Waals surface area contributed by atoms with Crippen molar-refractivity contribution in [1.82, 2.24) is 10.3 Å². The van der Waals surface area contributed by atoms with E-state index >= 15 is 0 Å². The Morgan fingerprint density at radius 3 is 2.79 bits per heavy atom. The van der Waals surface area contributed by atoms with Gasteiger partial charge in [-0.25, -0.2) is 14.6 Å². The van der Waals surface area contributed by atoms with Gasteiger partial charge in [0.2, 0.25) is 5.91 Å². The summed E-state index contributed by atoms with van der Waals surface area (Å²) >= 11 is 1.09. The molecule has 1 amide bonds. The molecule has 0 fully saturated rings. The molecule has 0 radical (unpaired) electrons. The number of carboxylic acids is 1. The molecule has 1 atom stereocenters. The molecule has 1 rings (SSSR count). The number of rotatable bonds is 6. The van der Waals surface area contributed by atoms with Crippen molar-refractivity contribution in [3.63, 3.8) is 0 Å². The molecule has 0 bridgehead atoms. The molecule has 1 unspecified atom stereocenters. The van der Waals surface area contributed by atoms with E-state index in [0.29, 0.717) is 5.01 Å². The number of aromatic nitrogens is 1. The van der Waals surface area contributed by atoms with Crippen LogP contribution in [-0.2, 0) is 20.9 Å². The Hall–Kier alpha value is -2.00. The number of carboxylic acid groups (broad SMARTS) is 1. The van der Waals surface area contributed by atoms with Crippen molar-refractivity contribution in [2.75, 3.05) is 6.61 Å². The molecule has 0 aliphatic rings. The quantitative estimate of drug-likeness (QED) is 0.467. The number of ether oxygens (including phenoxy) is 1. The van der Waals surface area contributed by atoms with Gasteiger partial charge < -0.3 is 20.9 Å². The summed E-state index contributed by atoms with van der Waals surface area (Å²) in [6.07, 6.45) is 0. The summed E-state index contributed by atoms with van der Waals surface area (Å²) in [6.45, 7) is 1.74. The minimum Gasteiger partial charge on any atom is -0.476 e. The van der Waals surface area contributed by atoms with E-state index in [2.05, 4.69) is 15.0 Å². The van der Waals surface area contributed by atoms with Gasteiger partial charge >= 0.3 is 11.9 Å². The van der Waals surface area contributed by atoms with Crippen LogP contribution in [0.1, 0.15) is 22.4 Å². The van der Waals surface area contributed by atoms with Crippen LogP contribution in [0.3, 0.4) is 0 Å². The Kier molecular flexibility index (Phi) is 5.39. The fraction of sp³-hybridized carbons (Fsp3) is 0.400. The number of carbonyl (C=O) groups excluding carboxylic acids is 2. The molecule has 1 aromatic rings. The van der Waals surface area contributed by atoms with Crippen LogP contribution >= 0.6 is 11.3 Å². The Bertz CT molecular complexity index is 487. The molecule has 19 heavy (non-hydrogen) atoms. The maximum atomic E-state index is 11.5. The largest absolute Gasteiger partial charge is 0.476 e. The summed E-state index contributed by atoms with van der Waals surface area (Å²) in [6, 6.07) is -1.40. The standard InChI is InChI=1S/C10H13N3O5S/c1-2-18-10(17)7(11)8(14)12-3-6-13-5(4-19-6)9(15)16/h4,7H,2-3,11H2,1H3,(H,12,14)(H,15,16). The molecule has 1 heterocycles. The number of thiazole rings is 1. The lowest BCUT2D eigenvalue weighted by atomic mass is 10.3. The van der Waals surface area contributed by atoms with E-state index < -0.39 is 23.9 Å². The van der Waals surface area contributed by atoms with Crippen LogP contribution in [0.25, 0.3) is 0 Å². The second-order valence-electron chi connectivity index (χ2n) is 3.38. The molecule has 104 valence electrons. The minimum atomic E-state index is -1.40. The first kappa shape index (κ1) is 15.1. The van der Waals surface area contributed by atoms with Crippen molar-refractivity contribution in [3.05, 3.63) is 16.1 Å². The highest BCUT2D eigenvalue weighted by Gasteiger charge is 2.23. The van der Waals surface area contributed by atoms with Crippen molar-refractivity contribution < 1.29 is 24.2 Å². The van der Waals surface area contributed by atoms with Gasteiger partial charge in [0.05, 0.1) is 13.2 Å². The summed E-state index contributed by atoms with van der Waals surface area (Å²) in [7, 11) is 0. The predicted molar refractivity (Wildman–Crippen MR) is 65.5 cm³/mol. The Morgan fingerprint density at radius 1 is 1.58 bits per heavy atom. The highest BCUT2D eigenvalue weighted by atomic mass is 32.1. The number of hydrogen-bond donors (Lipinski definition) is 3. The lowest BCUT2D eigenvalue weighted by Gasteiger charge is -2.10.